The van der Waals surface area contributed by atoms with E-state index >= 15 is 0 Å². The molecule has 0 heterocycles. The van der Waals surface area contributed by atoms with E-state index in [1.165, 1.54) is 13.4 Å². The Balaban J connectivity index is 1.80. The summed E-state index contributed by atoms with van der Waals surface area (Å²) in [5.41, 5.74) is 1.24. The fraction of sp³-hybridized carbons (Fsp3) is 0.350. The molecule has 27 heavy (non-hydrogen) atoms. The van der Waals surface area contributed by atoms with Gasteiger partial charge in [0.15, 0.2) is 9.84 Å². The molecule has 144 valence electrons. The summed E-state index contributed by atoms with van der Waals surface area (Å²) in [6, 6.07) is 11.7. The summed E-state index contributed by atoms with van der Waals surface area (Å²) in [6.45, 7) is 4.14. The summed E-state index contributed by atoms with van der Waals surface area (Å²) in [6.07, 6.45) is 1.18. The Morgan fingerprint density at radius 1 is 1.15 bits per heavy atom. The molecule has 1 saturated carbocycles. The Hall–Kier alpha value is -2.05. The smallest absolute Gasteiger partial charge is 0.255 e. The number of rotatable bonds is 5. The van der Waals surface area contributed by atoms with Crippen molar-refractivity contribution in [1.29, 1.82) is 0 Å². The van der Waals surface area contributed by atoms with Crippen molar-refractivity contribution in [3.05, 3.63) is 58.6 Å². The van der Waals surface area contributed by atoms with E-state index in [1.807, 2.05) is 12.1 Å². The van der Waals surface area contributed by atoms with Crippen molar-refractivity contribution < 1.29 is 17.9 Å². The lowest BCUT2D eigenvalue weighted by atomic mass is 10.0. The molecule has 1 amide bonds. The van der Waals surface area contributed by atoms with Crippen molar-refractivity contribution in [2.45, 2.75) is 30.7 Å². The highest BCUT2D eigenvalue weighted by Crippen LogP contribution is 2.58. The Morgan fingerprint density at radius 3 is 2.33 bits per heavy atom. The number of hydrogen-bond acceptors (Lipinski definition) is 4. The van der Waals surface area contributed by atoms with E-state index in [1.54, 1.807) is 30.3 Å². The summed E-state index contributed by atoms with van der Waals surface area (Å²) >= 11 is 6.02. The molecular weight excluding hydrogens is 386 g/mol. The van der Waals surface area contributed by atoms with Crippen LogP contribution in [-0.4, -0.2) is 33.7 Å². The lowest BCUT2D eigenvalue weighted by Gasteiger charge is -2.10. The van der Waals surface area contributed by atoms with Crippen LogP contribution in [0.25, 0.3) is 0 Å². The number of ether oxygens (including phenoxy) is 1. The van der Waals surface area contributed by atoms with Crippen LogP contribution in [0, 0.1) is 5.41 Å². The molecule has 1 aliphatic carbocycles. The molecule has 0 bridgehead atoms. The second kappa shape index (κ2) is 6.84. The molecule has 2 aromatic rings. The number of halogens is 1. The number of hydrogen-bond donors (Lipinski definition) is 1. The topological polar surface area (TPSA) is 72.5 Å². The summed E-state index contributed by atoms with van der Waals surface area (Å²) in [4.78, 5) is 13.0. The highest BCUT2D eigenvalue weighted by Gasteiger charge is 2.59. The van der Waals surface area contributed by atoms with Gasteiger partial charge in [0.25, 0.3) is 5.91 Å². The number of methoxy groups -OCH3 is 1. The SMILES string of the molecule is COc1ccc(Cl)cc1C(=O)N[C@H]1[C@@H](c2ccc(S(C)(=O)=O)cc2)C1(C)C. The van der Waals surface area contributed by atoms with E-state index in [9.17, 15) is 13.2 Å². The minimum absolute atomic E-state index is 0.0715. The van der Waals surface area contributed by atoms with Crippen LogP contribution in [0.15, 0.2) is 47.4 Å². The quantitative estimate of drug-likeness (QED) is 0.820. The predicted octanol–water partition coefficient (Wildman–Crippen LogP) is 3.67. The fourth-order valence-corrected chi connectivity index (χ4v) is 4.33. The lowest BCUT2D eigenvalue weighted by molar-refractivity contribution is 0.0943. The maximum Gasteiger partial charge on any atom is 0.255 e. The van der Waals surface area contributed by atoms with Crippen molar-refractivity contribution in [3.8, 4) is 5.75 Å². The number of carbonyl (C=O) groups is 1. The van der Waals surface area contributed by atoms with Gasteiger partial charge in [0.05, 0.1) is 17.6 Å². The third-order valence-corrected chi connectivity index (χ3v) is 6.55. The molecule has 1 fully saturated rings. The number of sulfone groups is 1. The average molecular weight is 408 g/mol. The molecule has 1 N–H and O–H groups in total. The predicted molar refractivity (Wildman–Crippen MR) is 105 cm³/mol. The third kappa shape index (κ3) is 3.82. The molecule has 5 nitrogen and oxygen atoms in total. The van der Waals surface area contributed by atoms with Crippen LogP contribution in [0.2, 0.25) is 5.02 Å². The Bertz CT molecular complexity index is 984. The summed E-state index contributed by atoms with van der Waals surface area (Å²) in [5, 5.41) is 3.52. The lowest BCUT2D eigenvalue weighted by Crippen LogP contribution is -2.29. The van der Waals surface area contributed by atoms with E-state index in [4.69, 9.17) is 16.3 Å². The summed E-state index contributed by atoms with van der Waals surface area (Å²) in [7, 11) is -1.72. The molecule has 0 unspecified atom stereocenters. The zero-order chi connectivity index (χ0) is 20.0. The van der Waals surface area contributed by atoms with Gasteiger partial charge in [-0.3, -0.25) is 4.79 Å². The number of benzene rings is 2. The standard InChI is InChI=1S/C20H22ClNO4S/c1-20(2)17(12-5-8-14(9-6-12)27(4,24)25)18(20)22-19(23)15-11-13(21)7-10-16(15)26-3/h5-11,17-18H,1-4H3,(H,22,23)/t17-,18+/m1/s1. The van der Waals surface area contributed by atoms with E-state index in [0.717, 1.165) is 5.56 Å². The average Bonchev–Trinajstić information content (AvgIpc) is 3.14. The number of amides is 1. The van der Waals surface area contributed by atoms with Crippen molar-refractivity contribution in [3.63, 3.8) is 0 Å². The van der Waals surface area contributed by atoms with Crippen molar-refractivity contribution in [2.24, 2.45) is 5.41 Å². The molecule has 3 rings (SSSR count). The van der Waals surface area contributed by atoms with Gasteiger partial charge in [-0.2, -0.15) is 0 Å². The molecular formula is C20H22ClNO4S. The zero-order valence-corrected chi connectivity index (χ0v) is 17.2. The maximum absolute atomic E-state index is 12.7. The van der Waals surface area contributed by atoms with Gasteiger partial charge < -0.3 is 10.1 Å². The number of nitrogens with one attached hydrogen (secondary N) is 1. The van der Waals surface area contributed by atoms with Gasteiger partial charge in [0, 0.05) is 23.2 Å². The van der Waals surface area contributed by atoms with E-state index in [0.29, 0.717) is 16.3 Å². The molecule has 0 aliphatic heterocycles. The van der Waals surface area contributed by atoms with Gasteiger partial charge in [-0.05, 0) is 41.3 Å². The van der Waals surface area contributed by atoms with E-state index in [-0.39, 0.29) is 28.2 Å². The molecule has 1 aliphatic rings. The largest absolute Gasteiger partial charge is 0.496 e. The van der Waals surface area contributed by atoms with Gasteiger partial charge in [-0.25, -0.2) is 8.42 Å². The number of carbonyl (C=O) groups excluding carboxylic acids is 1. The van der Waals surface area contributed by atoms with Gasteiger partial charge >= 0.3 is 0 Å². The molecule has 0 radical (unpaired) electrons. The first-order valence-corrected chi connectivity index (χ1v) is 10.8. The van der Waals surface area contributed by atoms with E-state index < -0.39 is 9.84 Å². The first-order valence-electron chi connectivity index (χ1n) is 8.50. The van der Waals surface area contributed by atoms with Crippen LogP contribution < -0.4 is 10.1 Å². The Labute approximate surface area is 164 Å². The van der Waals surface area contributed by atoms with Crippen LogP contribution >= 0.6 is 11.6 Å². The van der Waals surface area contributed by atoms with Crippen LogP contribution in [0.1, 0.15) is 35.7 Å². The maximum atomic E-state index is 12.7. The minimum Gasteiger partial charge on any atom is -0.496 e. The Kier molecular flexibility index (Phi) is 4.99. The van der Waals surface area contributed by atoms with Crippen LogP contribution in [0.5, 0.6) is 5.75 Å². The normalized spacial score (nSPS) is 20.8. The summed E-state index contributed by atoms with van der Waals surface area (Å²) in [5.74, 6) is 0.312. The van der Waals surface area contributed by atoms with E-state index in [2.05, 4.69) is 19.2 Å². The minimum atomic E-state index is -3.23. The Morgan fingerprint density at radius 2 is 1.78 bits per heavy atom. The highest BCUT2D eigenvalue weighted by atomic mass is 35.5. The van der Waals surface area contributed by atoms with Gasteiger partial charge in [-0.1, -0.05) is 37.6 Å². The first-order chi connectivity index (χ1) is 12.6. The van der Waals surface area contributed by atoms with Crippen molar-refractivity contribution in [2.75, 3.05) is 13.4 Å². The van der Waals surface area contributed by atoms with Crippen LogP contribution in [-0.2, 0) is 9.84 Å². The van der Waals surface area contributed by atoms with Crippen LogP contribution in [0.3, 0.4) is 0 Å². The molecule has 7 heteroatoms. The monoisotopic (exact) mass is 407 g/mol. The summed E-state index contributed by atoms with van der Waals surface area (Å²) < 4.78 is 28.5. The molecule has 2 aromatic carbocycles. The zero-order valence-electron chi connectivity index (χ0n) is 15.6. The third-order valence-electron chi connectivity index (χ3n) is 5.19. The van der Waals surface area contributed by atoms with Gasteiger partial charge in [0.2, 0.25) is 0 Å². The second-order valence-electron chi connectivity index (χ2n) is 7.44. The van der Waals surface area contributed by atoms with Gasteiger partial charge in [-0.15, -0.1) is 0 Å². The fourth-order valence-electron chi connectivity index (χ4n) is 3.53. The highest BCUT2D eigenvalue weighted by molar-refractivity contribution is 7.90. The van der Waals surface area contributed by atoms with Crippen molar-refractivity contribution >= 4 is 27.3 Å². The first kappa shape index (κ1) is 19.7. The molecule has 0 aromatic heterocycles. The molecule has 0 saturated heterocycles. The molecule has 2 atom stereocenters. The van der Waals surface area contributed by atoms with Gasteiger partial charge in [0.1, 0.15) is 5.75 Å². The second-order valence-corrected chi connectivity index (χ2v) is 9.89. The molecule has 0 spiro atoms. The van der Waals surface area contributed by atoms with Crippen LogP contribution in [0.4, 0.5) is 0 Å². The van der Waals surface area contributed by atoms with Crippen molar-refractivity contribution in [1.82, 2.24) is 5.32 Å².